The molecule has 0 fully saturated rings. The number of rotatable bonds is 9. The Balaban J connectivity index is 2.57. The van der Waals surface area contributed by atoms with Gasteiger partial charge in [-0.25, -0.2) is 9.59 Å². The molecule has 0 aromatic heterocycles. The highest BCUT2D eigenvalue weighted by Gasteiger charge is 2.23. The number of amides is 4. The van der Waals surface area contributed by atoms with Crippen LogP contribution in [0.3, 0.4) is 0 Å². The Kier molecular flexibility index (Phi) is 9.95. The number of imide groups is 1. The molecule has 0 saturated heterocycles. The number of esters is 1. The molecule has 0 saturated carbocycles. The van der Waals surface area contributed by atoms with Crippen LogP contribution in [0.1, 0.15) is 30.6 Å². The Morgan fingerprint density at radius 3 is 2.33 bits per heavy atom. The zero-order valence-electron chi connectivity index (χ0n) is 15.6. The van der Waals surface area contributed by atoms with Crippen LogP contribution in [0.5, 0.6) is 0 Å². The van der Waals surface area contributed by atoms with Crippen molar-refractivity contribution in [2.75, 3.05) is 18.6 Å². The molecule has 1 aromatic rings. The quantitative estimate of drug-likeness (QED) is 0.544. The summed E-state index contributed by atoms with van der Waals surface area (Å²) in [6.07, 6.45) is 2.23. The minimum absolute atomic E-state index is 0.135. The molecule has 0 unspecified atom stereocenters. The summed E-state index contributed by atoms with van der Waals surface area (Å²) in [6.45, 7) is 2.88. The first-order valence-corrected chi connectivity index (χ1v) is 9.84. The van der Waals surface area contributed by atoms with Crippen LogP contribution in [-0.2, 0) is 14.3 Å². The maximum Gasteiger partial charge on any atom is 0.329 e. The fraction of sp³-hybridized carbons (Fsp3) is 0.444. The number of carbonyl (C=O) groups is 4. The van der Waals surface area contributed by atoms with Crippen LogP contribution in [0.2, 0.25) is 0 Å². The van der Waals surface area contributed by atoms with E-state index in [1.807, 2.05) is 6.26 Å². The summed E-state index contributed by atoms with van der Waals surface area (Å²) in [5.74, 6) is -1.26. The average Bonchev–Trinajstić information content (AvgIpc) is 2.62. The molecule has 8 nitrogen and oxygen atoms in total. The fourth-order valence-corrected chi connectivity index (χ4v) is 2.49. The van der Waals surface area contributed by atoms with E-state index in [4.69, 9.17) is 4.74 Å². The number of urea groups is 1. The van der Waals surface area contributed by atoms with Crippen LogP contribution in [0, 0.1) is 0 Å². The van der Waals surface area contributed by atoms with E-state index >= 15 is 0 Å². The third-order valence-corrected chi connectivity index (χ3v) is 3.90. The van der Waals surface area contributed by atoms with Gasteiger partial charge >= 0.3 is 12.0 Å². The minimum Gasteiger partial charge on any atom is -0.454 e. The van der Waals surface area contributed by atoms with Gasteiger partial charge in [-0.1, -0.05) is 18.2 Å². The number of nitrogens with one attached hydrogen (secondary N) is 3. The van der Waals surface area contributed by atoms with Crippen LogP contribution < -0.4 is 16.0 Å². The Morgan fingerprint density at radius 1 is 1.07 bits per heavy atom. The van der Waals surface area contributed by atoms with Crippen molar-refractivity contribution in [2.45, 2.75) is 32.4 Å². The molecule has 148 valence electrons. The molecular formula is C18H25N3O5S. The van der Waals surface area contributed by atoms with Crippen LogP contribution in [0.25, 0.3) is 0 Å². The van der Waals surface area contributed by atoms with Gasteiger partial charge in [-0.05, 0) is 44.4 Å². The van der Waals surface area contributed by atoms with Crippen LogP contribution in [0.4, 0.5) is 4.79 Å². The molecule has 0 spiro atoms. The van der Waals surface area contributed by atoms with Crippen LogP contribution in [0.15, 0.2) is 30.3 Å². The molecular weight excluding hydrogens is 370 g/mol. The fourth-order valence-electron chi connectivity index (χ4n) is 2.01. The van der Waals surface area contributed by atoms with Crippen LogP contribution >= 0.6 is 11.8 Å². The molecule has 3 N–H and O–H groups in total. The number of hydrogen-bond acceptors (Lipinski definition) is 6. The van der Waals surface area contributed by atoms with E-state index in [9.17, 15) is 19.2 Å². The molecule has 0 aliphatic rings. The van der Waals surface area contributed by atoms with Crippen LogP contribution in [-0.4, -0.2) is 54.5 Å². The highest BCUT2D eigenvalue weighted by molar-refractivity contribution is 7.98. The predicted octanol–water partition coefficient (Wildman–Crippen LogP) is 1.32. The van der Waals surface area contributed by atoms with Crippen molar-refractivity contribution >= 4 is 35.6 Å². The molecule has 0 heterocycles. The molecule has 0 aliphatic heterocycles. The van der Waals surface area contributed by atoms with Gasteiger partial charge in [0.1, 0.15) is 6.04 Å². The molecule has 0 aliphatic carbocycles. The highest BCUT2D eigenvalue weighted by Crippen LogP contribution is 2.05. The standard InChI is InChI=1S/C18H25N3O5S/c1-12(2)19-18(25)21-15(22)11-26-17(24)14(9-10-27-3)20-16(23)13-7-5-4-6-8-13/h4-8,12,14H,9-11H2,1-3H3,(H,20,23)(H2,19,21,22,25)/t14-/m0/s1. The third-order valence-electron chi connectivity index (χ3n) is 3.25. The Labute approximate surface area is 162 Å². The smallest absolute Gasteiger partial charge is 0.329 e. The second-order valence-corrected chi connectivity index (χ2v) is 6.94. The van der Waals surface area contributed by atoms with Gasteiger partial charge in [0.2, 0.25) is 0 Å². The Hall–Kier alpha value is -2.55. The molecule has 0 bridgehead atoms. The summed E-state index contributed by atoms with van der Waals surface area (Å²) in [7, 11) is 0. The van der Waals surface area contributed by atoms with Gasteiger partial charge in [-0.3, -0.25) is 14.9 Å². The SMILES string of the molecule is CSCC[C@H](NC(=O)c1ccccc1)C(=O)OCC(=O)NC(=O)NC(C)C. The highest BCUT2D eigenvalue weighted by atomic mass is 32.2. The lowest BCUT2D eigenvalue weighted by Gasteiger charge is -2.17. The third kappa shape index (κ3) is 9.09. The average molecular weight is 395 g/mol. The summed E-state index contributed by atoms with van der Waals surface area (Å²) in [4.78, 5) is 47.6. The summed E-state index contributed by atoms with van der Waals surface area (Å²) in [5.41, 5.74) is 0.419. The lowest BCUT2D eigenvalue weighted by molar-refractivity contribution is -0.150. The number of benzene rings is 1. The van der Waals surface area contributed by atoms with Gasteiger partial charge < -0.3 is 15.4 Å². The van der Waals surface area contributed by atoms with Crippen molar-refractivity contribution in [3.63, 3.8) is 0 Å². The summed E-state index contributed by atoms with van der Waals surface area (Å²) < 4.78 is 4.95. The number of hydrogen-bond donors (Lipinski definition) is 3. The largest absolute Gasteiger partial charge is 0.454 e. The van der Waals surface area contributed by atoms with E-state index in [-0.39, 0.29) is 6.04 Å². The second-order valence-electron chi connectivity index (χ2n) is 5.96. The van der Waals surface area contributed by atoms with Gasteiger partial charge in [0.15, 0.2) is 6.61 Å². The normalized spacial score (nSPS) is 11.4. The van der Waals surface area contributed by atoms with Gasteiger partial charge in [0, 0.05) is 11.6 Å². The van der Waals surface area contributed by atoms with Crippen molar-refractivity contribution in [1.29, 1.82) is 0 Å². The maximum absolute atomic E-state index is 12.3. The topological polar surface area (TPSA) is 114 Å². The zero-order chi connectivity index (χ0) is 20.2. The first-order chi connectivity index (χ1) is 12.8. The van der Waals surface area contributed by atoms with Gasteiger partial charge in [-0.15, -0.1) is 0 Å². The lowest BCUT2D eigenvalue weighted by Crippen LogP contribution is -2.46. The molecule has 1 atom stereocenters. The Bertz CT molecular complexity index is 652. The first kappa shape index (κ1) is 22.5. The van der Waals surface area contributed by atoms with E-state index < -0.39 is 36.5 Å². The molecule has 1 rings (SSSR count). The van der Waals surface area contributed by atoms with Crippen molar-refractivity contribution in [2.24, 2.45) is 0 Å². The molecule has 1 aromatic carbocycles. The molecule has 9 heteroatoms. The van der Waals surface area contributed by atoms with E-state index in [2.05, 4.69) is 16.0 Å². The lowest BCUT2D eigenvalue weighted by atomic mass is 10.1. The number of thioether (sulfide) groups is 1. The zero-order valence-corrected chi connectivity index (χ0v) is 16.4. The summed E-state index contributed by atoms with van der Waals surface area (Å²) >= 11 is 1.52. The number of ether oxygens (including phenoxy) is 1. The van der Waals surface area contributed by atoms with Crippen molar-refractivity contribution in [3.05, 3.63) is 35.9 Å². The maximum atomic E-state index is 12.3. The van der Waals surface area contributed by atoms with Crippen molar-refractivity contribution < 1.29 is 23.9 Å². The number of carbonyl (C=O) groups excluding carboxylic acids is 4. The molecule has 4 amide bonds. The van der Waals surface area contributed by atoms with Gasteiger partial charge in [0.25, 0.3) is 11.8 Å². The first-order valence-electron chi connectivity index (χ1n) is 8.45. The van der Waals surface area contributed by atoms with Gasteiger partial charge in [0.05, 0.1) is 0 Å². The minimum atomic E-state index is -0.887. The van der Waals surface area contributed by atoms with E-state index in [1.54, 1.807) is 44.2 Å². The van der Waals surface area contributed by atoms with Crippen molar-refractivity contribution in [1.82, 2.24) is 16.0 Å². The predicted molar refractivity (Wildman–Crippen MR) is 103 cm³/mol. The van der Waals surface area contributed by atoms with Crippen molar-refractivity contribution in [3.8, 4) is 0 Å². The van der Waals surface area contributed by atoms with E-state index in [0.29, 0.717) is 17.7 Å². The summed E-state index contributed by atoms with van der Waals surface area (Å²) in [6, 6.07) is 6.80. The monoisotopic (exact) mass is 395 g/mol. The van der Waals surface area contributed by atoms with E-state index in [1.165, 1.54) is 11.8 Å². The van der Waals surface area contributed by atoms with Gasteiger partial charge in [-0.2, -0.15) is 11.8 Å². The second kappa shape index (κ2) is 11.9. The Morgan fingerprint density at radius 2 is 1.74 bits per heavy atom. The molecule has 0 radical (unpaired) electrons. The van der Waals surface area contributed by atoms with E-state index in [0.717, 1.165) is 0 Å². The summed E-state index contributed by atoms with van der Waals surface area (Å²) in [5, 5.41) is 7.16. The molecule has 27 heavy (non-hydrogen) atoms.